The van der Waals surface area contributed by atoms with Crippen molar-refractivity contribution >= 4 is 0 Å². The summed E-state index contributed by atoms with van der Waals surface area (Å²) in [6, 6.07) is 0. The summed E-state index contributed by atoms with van der Waals surface area (Å²) in [7, 11) is 1.98. The Kier molecular flexibility index (Phi) is 2.47. The molecule has 0 radical (unpaired) electrons. The van der Waals surface area contributed by atoms with Crippen LogP contribution in [0, 0.1) is 5.92 Å². The van der Waals surface area contributed by atoms with Crippen LogP contribution < -0.4 is 0 Å². The quantitative estimate of drug-likeness (QED) is 0.571. The Balaban J connectivity index is 2.39. The molecule has 66 valence electrons. The van der Waals surface area contributed by atoms with Crippen molar-refractivity contribution in [2.24, 2.45) is 5.92 Å². The molecule has 0 aromatic rings. The van der Waals surface area contributed by atoms with Gasteiger partial charge >= 0.3 is 0 Å². The number of nitrogens with zero attached hydrogens (tertiary/aromatic N) is 1. The van der Waals surface area contributed by atoms with Crippen LogP contribution in [0.3, 0.4) is 0 Å². The third-order valence-corrected chi connectivity index (χ3v) is 2.44. The van der Waals surface area contributed by atoms with Gasteiger partial charge in [-0.05, 0) is 39.9 Å². The van der Waals surface area contributed by atoms with Crippen LogP contribution in [0.5, 0.6) is 0 Å². The van der Waals surface area contributed by atoms with E-state index in [0.717, 1.165) is 20.0 Å². The minimum absolute atomic E-state index is 0.390. The van der Waals surface area contributed by atoms with Crippen molar-refractivity contribution in [2.75, 3.05) is 20.1 Å². The molecule has 1 fully saturated rings. The Hall–Kier alpha value is -0.180. The monoisotopic (exact) mass is 163 g/mol. The van der Waals surface area contributed by atoms with Crippen molar-refractivity contribution in [1.29, 1.82) is 0 Å². The minimum Gasteiger partial charge on any atom is -0.306 e. The molecule has 0 saturated carbocycles. The zero-order chi connectivity index (χ0) is 8.48. The fourth-order valence-corrected chi connectivity index (χ4v) is 1.52. The highest BCUT2D eigenvalue weighted by Crippen LogP contribution is 2.31. The Morgan fingerprint density at radius 2 is 1.73 bits per heavy atom. The summed E-state index contributed by atoms with van der Waals surface area (Å²) in [5.41, 5.74) is 0. The van der Waals surface area contributed by atoms with Crippen molar-refractivity contribution in [2.45, 2.75) is 25.7 Å². The standard InChI is InChI=1S/C8H15F2N/c1-8(9,10)7-3-5-11(2)6-4-7/h7H,3-6H2,1-2H3. The third-order valence-electron chi connectivity index (χ3n) is 2.44. The molecular weight excluding hydrogens is 148 g/mol. The van der Waals surface area contributed by atoms with E-state index in [1.807, 2.05) is 7.05 Å². The predicted octanol–water partition coefficient (Wildman–Crippen LogP) is 1.98. The highest BCUT2D eigenvalue weighted by molar-refractivity contribution is 4.78. The lowest BCUT2D eigenvalue weighted by molar-refractivity contribution is -0.0598. The van der Waals surface area contributed by atoms with E-state index >= 15 is 0 Å². The van der Waals surface area contributed by atoms with Crippen molar-refractivity contribution < 1.29 is 8.78 Å². The molecular formula is C8H15F2N. The van der Waals surface area contributed by atoms with Gasteiger partial charge in [0.05, 0.1) is 0 Å². The van der Waals surface area contributed by atoms with E-state index in [4.69, 9.17) is 0 Å². The summed E-state index contributed by atoms with van der Waals surface area (Å²) < 4.78 is 25.4. The lowest BCUT2D eigenvalue weighted by Crippen LogP contribution is -2.37. The van der Waals surface area contributed by atoms with Gasteiger partial charge < -0.3 is 4.90 Å². The van der Waals surface area contributed by atoms with Gasteiger partial charge in [0, 0.05) is 5.92 Å². The molecule has 0 bridgehead atoms. The maximum atomic E-state index is 12.7. The number of halogens is 2. The number of rotatable bonds is 1. The fraction of sp³-hybridized carbons (Fsp3) is 1.00. The Morgan fingerprint density at radius 1 is 1.27 bits per heavy atom. The van der Waals surface area contributed by atoms with Crippen LogP contribution in [0.2, 0.25) is 0 Å². The van der Waals surface area contributed by atoms with E-state index in [9.17, 15) is 8.78 Å². The highest BCUT2D eigenvalue weighted by Gasteiger charge is 2.35. The first-order valence-electron chi connectivity index (χ1n) is 4.06. The summed E-state index contributed by atoms with van der Waals surface area (Å²) in [6.45, 7) is 2.66. The van der Waals surface area contributed by atoms with Gasteiger partial charge in [-0.1, -0.05) is 0 Å². The molecule has 1 nitrogen and oxygen atoms in total. The largest absolute Gasteiger partial charge is 0.306 e. The number of hydrogen-bond acceptors (Lipinski definition) is 1. The van der Waals surface area contributed by atoms with Crippen LogP contribution in [0.1, 0.15) is 19.8 Å². The molecule has 0 aromatic carbocycles. The van der Waals surface area contributed by atoms with Crippen LogP contribution in [0.15, 0.2) is 0 Å². The molecule has 0 aromatic heterocycles. The number of alkyl halides is 2. The van der Waals surface area contributed by atoms with E-state index in [1.54, 1.807) is 0 Å². The molecule has 1 rings (SSSR count). The van der Waals surface area contributed by atoms with E-state index in [2.05, 4.69) is 4.90 Å². The number of hydrogen-bond donors (Lipinski definition) is 0. The molecule has 0 unspecified atom stereocenters. The van der Waals surface area contributed by atoms with Crippen LogP contribution in [0.4, 0.5) is 8.78 Å². The van der Waals surface area contributed by atoms with Crippen LogP contribution >= 0.6 is 0 Å². The minimum atomic E-state index is -2.47. The smallest absolute Gasteiger partial charge is 0.248 e. The number of likely N-dealkylation sites (tertiary alicyclic amines) is 1. The lowest BCUT2D eigenvalue weighted by Gasteiger charge is -2.32. The van der Waals surface area contributed by atoms with Crippen LogP contribution in [-0.4, -0.2) is 31.0 Å². The van der Waals surface area contributed by atoms with Crippen molar-refractivity contribution in [1.82, 2.24) is 4.90 Å². The molecule has 3 heteroatoms. The van der Waals surface area contributed by atoms with Crippen LogP contribution in [-0.2, 0) is 0 Å². The first-order valence-corrected chi connectivity index (χ1v) is 4.06. The number of piperidine rings is 1. The summed E-state index contributed by atoms with van der Waals surface area (Å²) >= 11 is 0. The summed E-state index contributed by atoms with van der Waals surface area (Å²) in [5.74, 6) is -2.86. The van der Waals surface area contributed by atoms with Gasteiger partial charge in [-0.2, -0.15) is 0 Å². The molecule has 0 atom stereocenters. The van der Waals surface area contributed by atoms with Gasteiger partial charge in [0.1, 0.15) is 0 Å². The predicted molar refractivity (Wildman–Crippen MR) is 40.8 cm³/mol. The Bertz CT molecular complexity index is 123. The summed E-state index contributed by atoms with van der Waals surface area (Å²) in [5, 5.41) is 0. The molecule has 1 aliphatic heterocycles. The topological polar surface area (TPSA) is 3.24 Å². The zero-order valence-corrected chi connectivity index (χ0v) is 7.11. The first-order chi connectivity index (χ1) is 5.00. The van der Waals surface area contributed by atoms with Gasteiger partial charge in [0.25, 0.3) is 0 Å². The molecule has 11 heavy (non-hydrogen) atoms. The maximum absolute atomic E-state index is 12.7. The molecule has 0 amide bonds. The molecule has 0 spiro atoms. The molecule has 1 saturated heterocycles. The molecule has 1 heterocycles. The van der Waals surface area contributed by atoms with Gasteiger partial charge in [0.2, 0.25) is 5.92 Å². The third kappa shape index (κ3) is 2.40. The SMILES string of the molecule is CN1CCC(C(C)(F)F)CC1. The average molecular weight is 163 g/mol. The highest BCUT2D eigenvalue weighted by atomic mass is 19.3. The van der Waals surface area contributed by atoms with Crippen molar-refractivity contribution in [3.8, 4) is 0 Å². The second-order valence-electron chi connectivity index (χ2n) is 3.53. The van der Waals surface area contributed by atoms with Crippen molar-refractivity contribution in [3.63, 3.8) is 0 Å². The first kappa shape index (κ1) is 8.91. The normalized spacial score (nSPS) is 24.0. The van der Waals surface area contributed by atoms with E-state index in [-0.39, 0.29) is 0 Å². The second-order valence-corrected chi connectivity index (χ2v) is 3.53. The average Bonchev–Trinajstić information content (AvgIpc) is 1.86. The van der Waals surface area contributed by atoms with Crippen molar-refractivity contribution in [3.05, 3.63) is 0 Å². The van der Waals surface area contributed by atoms with Crippen LogP contribution in [0.25, 0.3) is 0 Å². The van der Waals surface area contributed by atoms with Gasteiger partial charge in [-0.25, -0.2) is 8.78 Å². The molecule has 1 aliphatic rings. The van der Waals surface area contributed by atoms with E-state index in [1.165, 1.54) is 0 Å². The Labute approximate surface area is 66.4 Å². The summed E-state index contributed by atoms with van der Waals surface area (Å²) in [4.78, 5) is 2.10. The fourth-order valence-electron chi connectivity index (χ4n) is 1.52. The van der Waals surface area contributed by atoms with E-state index in [0.29, 0.717) is 12.8 Å². The van der Waals surface area contributed by atoms with E-state index < -0.39 is 11.8 Å². The zero-order valence-electron chi connectivity index (χ0n) is 7.11. The maximum Gasteiger partial charge on any atom is 0.248 e. The van der Waals surface area contributed by atoms with Gasteiger partial charge in [-0.3, -0.25) is 0 Å². The second kappa shape index (κ2) is 3.05. The molecule has 0 aliphatic carbocycles. The van der Waals surface area contributed by atoms with Gasteiger partial charge in [-0.15, -0.1) is 0 Å². The molecule has 0 N–H and O–H groups in total. The lowest BCUT2D eigenvalue weighted by atomic mass is 9.92. The van der Waals surface area contributed by atoms with Gasteiger partial charge in [0.15, 0.2) is 0 Å². The Morgan fingerprint density at radius 3 is 2.09 bits per heavy atom. The summed E-state index contributed by atoms with van der Waals surface area (Å²) in [6.07, 6.45) is 1.28.